The Balaban J connectivity index is 1.08. The standard InChI is InChI=1S/C88H123N21O21S/c1-5-7-22-66-80(122)98-57(21-13-34-89)76(118)104-65(75(117)95-46-71(92)111)47-131-48-72(112)96-61(39-49-27-29-52(110)30-28-49)86(128)108-37-15-25-68(108)82(124)102-63(42-74(115)116)87(129)109-38-16-26-69(109)83(125)103-64(43-91)79(121)99-59(31-32-73(113)114)85(127)107-36-14-24-67(107)81(123)100-60(40-50-44-93-55-19-11-9-17-53(50)55)78(120)97-58(33-35-90)77(119)101-62(41-51-45-94-56-20-12-10-18-54(51)56)84(126)106(4)70(23-8-6-2)88(130)105(66)3/h9-12,17-20,27-30,44-45,57-70,93-94,110H,5-8,13-16,21-26,31-43,46-48,89-91H2,1-4H3,(H2,92,111)(H,95,117)(H,96,112)(H,97,120)(H,98,122)(H,99,121)(H,100,123)(H,101,119)(H,102,124)(H,103,125)(H,104,118)(H,113,114)(H,115,116)/t57-,58-,59-,60+,61-,62-,63+,64+,65+,66+,67?,68?,69-,70+/m0/s1. The first-order valence-corrected chi connectivity index (χ1v) is 45.6. The molecule has 4 aliphatic heterocycles. The number of aromatic amines is 2. The molecule has 5 aromatic rings. The van der Waals surface area contributed by atoms with Gasteiger partial charge < -0.3 is 126 Å². The minimum Gasteiger partial charge on any atom is -0.508 e. The number of primary amides is 1. The molecule has 131 heavy (non-hydrogen) atoms. The van der Waals surface area contributed by atoms with E-state index in [-0.39, 0.29) is 128 Å². The molecule has 0 spiro atoms. The Kier molecular flexibility index (Phi) is 38.4. The predicted molar refractivity (Wildman–Crippen MR) is 479 cm³/mol. The number of rotatable bonds is 26. The maximum Gasteiger partial charge on any atom is 0.305 e. The number of phenols is 1. The van der Waals surface area contributed by atoms with Gasteiger partial charge in [0.05, 0.1) is 18.7 Å². The van der Waals surface area contributed by atoms with Crippen molar-refractivity contribution in [2.75, 3.05) is 71.4 Å². The van der Waals surface area contributed by atoms with Crippen LogP contribution in [0.1, 0.15) is 146 Å². The van der Waals surface area contributed by atoms with Crippen LogP contribution in [0, 0.1) is 0 Å². The van der Waals surface area contributed by atoms with E-state index in [2.05, 4.69) is 63.1 Å². The maximum atomic E-state index is 15.8. The molecule has 14 atom stereocenters. The Hall–Kier alpha value is -12.8. The summed E-state index contributed by atoms with van der Waals surface area (Å²) in [6.07, 6.45) is 2.17. The number of hydrogen-bond acceptors (Lipinski definition) is 23. The summed E-state index contributed by atoms with van der Waals surface area (Å²) in [6.45, 7) is 1.74. The van der Waals surface area contributed by atoms with Gasteiger partial charge in [0, 0.05) is 106 Å². The second-order valence-electron chi connectivity index (χ2n) is 33.4. The fourth-order valence-corrected chi connectivity index (χ4v) is 17.8. The molecule has 16 amide bonds. The van der Waals surface area contributed by atoms with Crippen molar-refractivity contribution < 1.29 is 102 Å². The van der Waals surface area contributed by atoms with Gasteiger partial charge >= 0.3 is 11.9 Å². The van der Waals surface area contributed by atoms with Crippen molar-refractivity contribution in [2.24, 2.45) is 22.9 Å². The van der Waals surface area contributed by atoms with Crippen LogP contribution >= 0.6 is 11.8 Å². The fraction of sp³-hybridized carbons (Fsp3) is 0.545. The third kappa shape index (κ3) is 27.9. The molecular weight excluding hydrogens is 1720 g/mol. The number of unbranched alkanes of at least 4 members (excludes halogenated alkanes) is 2. The molecule has 0 aliphatic carbocycles. The minimum absolute atomic E-state index is 0.00629. The molecule has 2 unspecified atom stereocenters. The third-order valence-electron chi connectivity index (χ3n) is 24.0. The van der Waals surface area contributed by atoms with E-state index in [9.17, 15) is 63.3 Å². The van der Waals surface area contributed by atoms with Crippen LogP contribution in [0.4, 0.5) is 0 Å². The van der Waals surface area contributed by atoms with Gasteiger partial charge in [0.2, 0.25) is 94.5 Å². The molecule has 712 valence electrons. The number of carbonyl (C=O) groups excluding carboxylic acids is 16. The van der Waals surface area contributed by atoms with Crippen LogP contribution in [0.15, 0.2) is 85.2 Å². The first-order chi connectivity index (χ1) is 62.7. The zero-order chi connectivity index (χ0) is 95.3. The molecule has 4 fully saturated rings. The van der Waals surface area contributed by atoms with Crippen LogP contribution in [-0.4, -0.2) is 312 Å². The molecule has 0 saturated carbocycles. The molecule has 9 rings (SSSR count). The SMILES string of the molecule is CCCC[C@@H]1C(=O)N(C)[C@H](CCCC)C(=O)N[C@@H](CCCN)C(=O)N[C@@H](C(=O)NCC(N)=O)CSCC(=O)N[C@@H](Cc2ccc(O)cc2)C(=O)N2CCCC2C(=O)N[C@H](CC(=O)O)C(=O)N2CCC[C@H]2C(=O)N[C@H](CN)C(=O)N[C@@H](CCC(=O)O)C(=O)N2CCCC2C(=O)N[C@H](Cc2c[nH]c3ccccc23)C(=O)N[C@@H](CCN)C(=O)N[C@@H](Cc2c[nH]c3ccccc23)C(=O)N1C. The number of carbonyl (C=O) groups is 18. The van der Waals surface area contributed by atoms with Gasteiger partial charge in [-0.3, -0.25) is 86.3 Å². The summed E-state index contributed by atoms with van der Waals surface area (Å²) >= 11 is 0.784. The normalized spacial score (nSPS) is 25.0. The first kappa shape index (κ1) is 102. The molecule has 0 bridgehead atoms. The van der Waals surface area contributed by atoms with E-state index in [0.29, 0.717) is 64.2 Å². The van der Waals surface area contributed by atoms with Crippen molar-refractivity contribution in [3.05, 3.63) is 102 Å². The molecule has 2 aromatic heterocycles. The maximum absolute atomic E-state index is 15.8. The van der Waals surface area contributed by atoms with Crippen LogP contribution in [0.3, 0.4) is 0 Å². The summed E-state index contributed by atoms with van der Waals surface area (Å²) in [4.78, 5) is 273. The van der Waals surface area contributed by atoms with E-state index in [1.54, 1.807) is 60.9 Å². The van der Waals surface area contributed by atoms with E-state index < -0.39 is 235 Å². The van der Waals surface area contributed by atoms with E-state index in [1.807, 2.05) is 13.8 Å². The molecule has 4 saturated heterocycles. The Morgan fingerprint density at radius 2 is 0.916 bits per heavy atom. The average Bonchev–Trinajstić information content (AvgIpc) is 1.20. The number of aromatic hydroxyl groups is 1. The number of carboxylic acid groups (broad SMARTS) is 2. The average molecular weight is 1840 g/mol. The van der Waals surface area contributed by atoms with E-state index in [1.165, 1.54) is 48.2 Å². The highest BCUT2D eigenvalue weighted by molar-refractivity contribution is 8.00. The first-order valence-electron chi connectivity index (χ1n) is 44.4. The number of para-hydroxylation sites is 2. The molecule has 23 N–H and O–H groups in total. The third-order valence-corrected chi connectivity index (χ3v) is 25.0. The zero-order valence-electron chi connectivity index (χ0n) is 74.0. The van der Waals surface area contributed by atoms with Crippen LogP contribution in [-0.2, 0) is 106 Å². The summed E-state index contributed by atoms with van der Waals surface area (Å²) in [6, 6.07) is -1.52. The van der Waals surface area contributed by atoms with Crippen LogP contribution in [0.25, 0.3) is 21.8 Å². The highest BCUT2D eigenvalue weighted by Gasteiger charge is 2.47. The number of aromatic nitrogens is 2. The Labute approximate surface area is 760 Å². The molecule has 43 heteroatoms. The summed E-state index contributed by atoms with van der Waals surface area (Å²) < 4.78 is 0. The highest BCUT2D eigenvalue weighted by Crippen LogP contribution is 2.29. The fourth-order valence-electron chi connectivity index (χ4n) is 16.9. The minimum atomic E-state index is -1.88. The summed E-state index contributed by atoms with van der Waals surface area (Å²) in [5.41, 5.74) is 26.6. The lowest BCUT2D eigenvalue weighted by Gasteiger charge is -2.36. The number of carboxylic acids is 2. The zero-order valence-corrected chi connectivity index (χ0v) is 74.8. The summed E-state index contributed by atoms with van der Waals surface area (Å²) in [5.74, 6) is -18.7. The molecule has 4 aliphatic rings. The lowest BCUT2D eigenvalue weighted by Crippen LogP contribution is -2.61. The van der Waals surface area contributed by atoms with E-state index >= 15 is 38.4 Å². The number of thioether (sulfide) groups is 1. The van der Waals surface area contributed by atoms with Crippen LogP contribution in [0.2, 0.25) is 0 Å². The van der Waals surface area contributed by atoms with Gasteiger partial charge in [0.15, 0.2) is 0 Å². The van der Waals surface area contributed by atoms with Gasteiger partial charge in [-0.25, -0.2) is 0 Å². The smallest absolute Gasteiger partial charge is 0.305 e. The van der Waals surface area contributed by atoms with Crippen molar-refractivity contribution in [1.29, 1.82) is 0 Å². The Morgan fingerprint density at radius 1 is 0.458 bits per heavy atom. The van der Waals surface area contributed by atoms with Gasteiger partial charge in [0.1, 0.15) is 90.3 Å². The molecule has 6 heterocycles. The van der Waals surface area contributed by atoms with Crippen molar-refractivity contribution in [3.63, 3.8) is 0 Å². The number of H-pyrrole nitrogens is 2. The largest absolute Gasteiger partial charge is 0.508 e. The number of amides is 16. The van der Waals surface area contributed by atoms with E-state index in [4.69, 9.17) is 22.9 Å². The van der Waals surface area contributed by atoms with Crippen LogP contribution in [0.5, 0.6) is 5.75 Å². The van der Waals surface area contributed by atoms with Crippen LogP contribution < -0.4 is 76.1 Å². The van der Waals surface area contributed by atoms with Crippen molar-refractivity contribution >= 4 is 140 Å². The Morgan fingerprint density at radius 3 is 1.45 bits per heavy atom. The molecule has 42 nitrogen and oxygen atoms in total. The number of aliphatic carboxylic acids is 2. The van der Waals surface area contributed by atoms with Gasteiger partial charge in [-0.15, -0.1) is 11.8 Å². The number of nitrogens with two attached hydrogens (primary N) is 4. The van der Waals surface area contributed by atoms with E-state index in [0.717, 1.165) is 26.5 Å². The number of likely N-dealkylation sites (N-methyl/N-ethyl adjacent to an activating group) is 2. The second-order valence-corrected chi connectivity index (χ2v) is 34.4. The topological polar surface area (TPSA) is 640 Å². The predicted octanol–water partition coefficient (Wildman–Crippen LogP) is -2.51. The lowest BCUT2D eigenvalue weighted by molar-refractivity contribution is -0.149. The number of benzene rings is 3. The van der Waals surface area contributed by atoms with Crippen molar-refractivity contribution in [3.8, 4) is 5.75 Å². The number of fused-ring (bicyclic) bond motifs is 5. The summed E-state index contributed by atoms with van der Waals surface area (Å²) in [7, 11) is 2.75. The number of phenolic OH excluding ortho intramolecular Hbond substituents is 1. The lowest BCUT2D eigenvalue weighted by atomic mass is 9.99. The highest BCUT2D eigenvalue weighted by atomic mass is 32.2. The molecule has 0 radical (unpaired) electrons. The second kappa shape index (κ2) is 49.3. The Bertz CT molecular complexity index is 4930. The van der Waals surface area contributed by atoms with Gasteiger partial charge in [-0.2, -0.15) is 0 Å². The quantitative estimate of drug-likeness (QED) is 0.0272. The number of hydrogen-bond donors (Lipinski definition) is 19. The van der Waals surface area contributed by atoms with Gasteiger partial charge in [-0.1, -0.05) is 88.1 Å². The number of nitrogens with zero attached hydrogens (tertiary/aromatic N) is 5. The summed E-state index contributed by atoms with van der Waals surface area (Å²) in [5, 5.41) is 58.1. The number of nitrogens with one attached hydrogen (secondary N) is 12. The van der Waals surface area contributed by atoms with Crippen molar-refractivity contribution in [2.45, 2.75) is 233 Å². The van der Waals surface area contributed by atoms with Crippen molar-refractivity contribution in [1.82, 2.24) is 87.6 Å². The molecule has 3 aromatic carbocycles. The van der Waals surface area contributed by atoms with Gasteiger partial charge in [-0.05, 0) is 131 Å². The monoisotopic (exact) mass is 1840 g/mol. The molecular formula is C88H123N21O21S. The van der Waals surface area contributed by atoms with Gasteiger partial charge in [0.25, 0.3) is 0 Å².